The summed E-state index contributed by atoms with van der Waals surface area (Å²) in [4.78, 5) is 13.3. The molecule has 3 heterocycles. The molecule has 6 nitrogen and oxygen atoms in total. The van der Waals surface area contributed by atoms with Crippen molar-refractivity contribution in [2.45, 2.75) is 13.5 Å². The van der Waals surface area contributed by atoms with E-state index in [2.05, 4.69) is 40.9 Å². The molecule has 0 saturated carbocycles. The predicted octanol–water partition coefficient (Wildman–Crippen LogP) is 1.86. The van der Waals surface area contributed by atoms with Gasteiger partial charge in [0.15, 0.2) is 5.82 Å². The number of rotatable bonds is 3. The van der Waals surface area contributed by atoms with E-state index in [4.69, 9.17) is 4.52 Å². The van der Waals surface area contributed by atoms with Gasteiger partial charge < -0.3 is 9.42 Å². The Kier molecular flexibility index (Phi) is 3.98. The maximum Gasteiger partial charge on any atom is 0.240 e. The molecule has 1 aliphatic heterocycles. The number of aryl methyl sites for hydroxylation is 1. The van der Waals surface area contributed by atoms with Gasteiger partial charge in [-0.25, -0.2) is 4.98 Å². The molecule has 0 radical (unpaired) electrons. The highest BCUT2D eigenvalue weighted by atomic mass is 79.9. The fourth-order valence-corrected chi connectivity index (χ4v) is 2.52. The van der Waals surface area contributed by atoms with E-state index in [1.165, 1.54) is 0 Å². The molecular weight excluding hydrogens is 322 g/mol. The van der Waals surface area contributed by atoms with Gasteiger partial charge in [-0.3, -0.25) is 4.90 Å². The third-order valence-corrected chi connectivity index (χ3v) is 3.81. The van der Waals surface area contributed by atoms with Crippen molar-refractivity contribution in [2.75, 3.05) is 31.1 Å². The van der Waals surface area contributed by atoms with Crippen LogP contribution in [0.5, 0.6) is 0 Å². The van der Waals surface area contributed by atoms with Crippen LogP contribution < -0.4 is 4.90 Å². The smallest absolute Gasteiger partial charge is 0.240 e. The summed E-state index contributed by atoms with van der Waals surface area (Å²) in [6.07, 6.45) is 1.84. The van der Waals surface area contributed by atoms with Crippen molar-refractivity contribution in [1.82, 2.24) is 20.0 Å². The number of hydrogen-bond acceptors (Lipinski definition) is 6. The maximum atomic E-state index is 5.16. The van der Waals surface area contributed by atoms with E-state index in [1.54, 1.807) is 0 Å². The van der Waals surface area contributed by atoms with Gasteiger partial charge in [-0.05, 0) is 35.0 Å². The zero-order valence-corrected chi connectivity index (χ0v) is 12.9. The number of halogens is 1. The van der Waals surface area contributed by atoms with Crippen LogP contribution in [0.3, 0.4) is 0 Å². The topological polar surface area (TPSA) is 58.3 Å². The highest BCUT2D eigenvalue weighted by Gasteiger charge is 2.19. The third-order valence-electron chi connectivity index (χ3n) is 3.34. The second-order valence-electron chi connectivity index (χ2n) is 4.83. The van der Waals surface area contributed by atoms with Crippen LogP contribution in [0, 0.1) is 6.92 Å². The standard InChI is InChI=1S/C13H16BrN5O/c1-10-16-13(20-17-10)9-18-4-6-19(7-5-18)12-3-2-11(14)8-15-12/h2-3,8H,4-7,9H2,1H3. The first-order chi connectivity index (χ1) is 9.70. The average Bonchev–Trinajstić information content (AvgIpc) is 2.86. The fourth-order valence-electron chi connectivity index (χ4n) is 2.29. The van der Waals surface area contributed by atoms with E-state index < -0.39 is 0 Å². The molecule has 0 bridgehead atoms. The second-order valence-corrected chi connectivity index (χ2v) is 5.75. The third kappa shape index (κ3) is 3.16. The van der Waals surface area contributed by atoms with Crippen molar-refractivity contribution in [1.29, 1.82) is 0 Å². The summed E-state index contributed by atoms with van der Waals surface area (Å²) in [6, 6.07) is 4.07. The molecule has 0 aliphatic carbocycles. The predicted molar refractivity (Wildman–Crippen MR) is 78.5 cm³/mol. The van der Waals surface area contributed by atoms with Gasteiger partial charge in [0, 0.05) is 36.8 Å². The van der Waals surface area contributed by atoms with E-state index in [-0.39, 0.29) is 0 Å². The maximum absolute atomic E-state index is 5.16. The number of aromatic nitrogens is 3. The molecule has 0 atom stereocenters. The van der Waals surface area contributed by atoms with Gasteiger partial charge >= 0.3 is 0 Å². The van der Waals surface area contributed by atoms with Crippen LogP contribution >= 0.6 is 15.9 Å². The molecule has 0 aromatic carbocycles. The van der Waals surface area contributed by atoms with Gasteiger partial charge in [0.1, 0.15) is 5.82 Å². The Morgan fingerprint density at radius 2 is 2.05 bits per heavy atom. The molecule has 0 amide bonds. The number of hydrogen-bond donors (Lipinski definition) is 0. The molecule has 1 fully saturated rings. The molecule has 1 aliphatic rings. The van der Waals surface area contributed by atoms with Crippen molar-refractivity contribution in [3.8, 4) is 0 Å². The minimum Gasteiger partial charge on any atom is -0.354 e. The summed E-state index contributed by atoms with van der Waals surface area (Å²) in [5, 5.41) is 3.82. The largest absolute Gasteiger partial charge is 0.354 e. The van der Waals surface area contributed by atoms with Crippen LogP contribution in [-0.4, -0.2) is 46.2 Å². The van der Waals surface area contributed by atoms with Crippen LogP contribution in [0.1, 0.15) is 11.7 Å². The summed E-state index contributed by atoms with van der Waals surface area (Å²) >= 11 is 3.41. The van der Waals surface area contributed by atoms with Gasteiger partial charge in [0.05, 0.1) is 6.54 Å². The van der Waals surface area contributed by atoms with Crippen LogP contribution in [0.4, 0.5) is 5.82 Å². The molecule has 2 aromatic rings. The van der Waals surface area contributed by atoms with E-state index in [1.807, 2.05) is 25.3 Å². The monoisotopic (exact) mass is 337 g/mol. The molecule has 3 rings (SSSR count). The zero-order valence-electron chi connectivity index (χ0n) is 11.3. The van der Waals surface area contributed by atoms with Crippen LogP contribution in [0.15, 0.2) is 27.3 Å². The first kappa shape index (κ1) is 13.5. The number of pyridine rings is 1. The Morgan fingerprint density at radius 3 is 2.65 bits per heavy atom. The Morgan fingerprint density at radius 1 is 1.25 bits per heavy atom. The first-order valence-corrected chi connectivity index (χ1v) is 7.38. The summed E-state index contributed by atoms with van der Waals surface area (Å²) in [6.45, 7) is 6.43. The second kappa shape index (κ2) is 5.88. The normalized spacial score (nSPS) is 16.6. The van der Waals surface area contributed by atoms with Crippen molar-refractivity contribution >= 4 is 21.7 Å². The van der Waals surface area contributed by atoms with E-state index >= 15 is 0 Å². The zero-order chi connectivity index (χ0) is 13.9. The molecule has 7 heteroatoms. The van der Waals surface area contributed by atoms with Crippen LogP contribution in [-0.2, 0) is 6.54 Å². The summed E-state index contributed by atoms with van der Waals surface area (Å²) in [5.41, 5.74) is 0. The lowest BCUT2D eigenvalue weighted by Crippen LogP contribution is -2.46. The molecule has 1 saturated heterocycles. The van der Waals surface area contributed by atoms with Gasteiger partial charge in [-0.2, -0.15) is 4.98 Å². The van der Waals surface area contributed by atoms with Gasteiger partial charge in [0.2, 0.25) is 5.89 Å². The molecule has 2 aromatic heterocycles. The lowest BCUT2D eigenvalue weighted by atomic mass is 10.3. The van der Waals surface area contributed by atoms with Crippen LogP contribution in [0.25, 0.3) is 0 Å². The average molecular weight is 338 g/mol. The van der Waals surface area contributed by atoms with Crippen molar-refractivity contribution in [3.05, 3.63) is 34.5 Å². The lowest BCUT2D eigenvalue weighted by Gasteiger charge is -2.34. The van der Waals surface area contributed by atoms with E-state index in [0.717, 1.165) is 43.0 Å². The molecular formula is C13H16BrN5O. The van der Waals surface area contributed by atoms with E-state index in [9.17, 15) is 0 Å². The molecule has 0 unspecified atom stereocenters. The highest BCUT2D eigenvalue weighted by molar-refractivity contribution is 9.10. The van der Waals surface area contributed by atoms with Crippen LogP contribution in [0.2, 0.25) is 0 Å². The number of piperazine rings is 1. The lowest BCUT2D eigenvalue weighted by molar-refractivity contribution is 0.215. The Hall–Kier alpha value is -1.47. The quantitative estimate of drug-likeness (QED) is 0.851. The minimum absolute atomic E-state index is 0.692. The first-order valence-electron chi connectivity index (χ1n) is 6.59. The molecule has 20 heavy (non-hydrogen) atoms. The molecule has 106 valence electrons. The molecule has 0 spiro atoms. The summed E-state index contributed by atoms with van der Waals surface area (Å²) < 4.78 is 6.16. The Labute approximate surface area is 125 Å². The molecule has 0 N–H and O–H groups in total. The summed E-state index contributed by atoms with van der Waals surface area (Å²) in [5.74, 6) is 2.41. The minimum atomic E-state index is 0.692. The Bertz CT molecular complexity index is 562. The Balaban J connectivity index is 1.55. The fraction of sp³-hybridized carbons (Fsp3) is 0.462. The van der Waals surface area contributed by atoms with Gasteiger partial charge in [0.25, 0.3) is 0 Å². The number of anilines is 1. The number of nitrogens with zero attached hydrogens (tertiary/aromatic N) is 5. The SMILES string of the molecule is Cc1noc(CN2CCN(c3ccc(Br)cn3)CC2)n1. The highest BCUT2D eigenvalue weighted by Crippen LogP contribution is 2.17. The summed E-state index contributed by atoms with van der Waals surface area (Å²) in [7, 11) is 0. The van der Waals surface area contributed by atoms with Crippen molar-refractivity contribution < 1.29 is 4.52 Å². The van der Waals surface area contributed by atoms with Gasteiger partial charge in [-0.1, -0.05) is 5.16 Å². The van der Waals surface area contributed by atoms with Gasteiger partial charge in [-0.15, -0.1) is 0 Å². The van der Waals surface area contributed by atoms with Crippen molar-refractivity contribution in [2.24, 2.45) is 0 Å². The van der Waals surface area contributed by atoms with E-state index in [0.29, 0.717) is 11.7 Å². The van der Waals surface area contributed by atoms with Crippen molar-refractivity contribution in [3.63, 3.8) is 0 Å².